The molecule has 1 fully saturated rings. The first-order valence-corrected chi connectivity index (χ1v) is 10.8. The zero-order valence-electron chi connectivity index (χ0n) is 18.6. The first-order valence-electron chi connectivity index (χ1n) is 10.8. The normalized spacial score (nSPS) is 19.2. The van der Waals surface area contributed by atoms with Crippen molar-refractivity contribution in [1.82, 2.24) is 0 Å². The maximum atomic E-state index is 13.6. The van der Waals surface area contributed by atoms with Gasteiger partial charge >= 0.3 is 0 Å². The van der Waals surface area contributed by atoms with E-state index in [1.54, 1.807) is 48.5 Å². The lowest BCUT2D eigenvalue weighted by atomic mass is 9.97. The lowest BCUT2D eigenvalue weighted by molar-refractivity contribution is -0.122. The summed E-state index contributed by atoms with van der Waals surface area (Å²) >= 11 is 0. The predicted molar refractivity (Wildman–Crippen MR) is 129 cm³/mol. The van der Waals surface area contributed by atoms with Crippen LogP contribution in [0.5, 0.6) is 5.75 Å². The number of anilines is 3. The van der Waals surface area contributed by atoms with Gasteiger partial charge in [-0.05, 0) is 43.3 Å². The molecule has 3 amide bonds. The van der Waals surface area contributed by atoms with Crippen LogP contribution < -0.4 is 20.0 Å². The maximum Gasteiger partial charge on any atom is 0.272 e. The molecular formula is C26H22N4O4. The molecule has 0 aromatic heterocycles. The Morgan fingerprint density at radius 3 is 2.29 bits per heavy atom. The average Bonchev–Trinajstić information content (AvgIpc) is 3.37. The van der Waals surface area contributed by atoms with Crippen LogP contribution in [0.2, 0.25) is 0 Å². The Kier molecular flexibility index (Phi) is 5.33. The Morgan fingerprint density at radius 1 is 0.912 bits per heavy atom. The van der Waals surface area contributed by atoms with Crippen LogP contribution in [0.25, 0.3) is 0 Å². The van der Waals surface area contributed by atoms with Crippen LogP contribution in [0.3, 0.4) is 0 Å². The van der Waals surface area contributed by atoms with Gasteiger partial charge in [-0.3, -0.25) is 19.4 Å². The molecule has 0 saturated carbocycles. The van der Waals surface area contributed by atoms with Gasteiger partial charge in [0.2, 0.25) is 5.91 Å². The van der Waals surface area contributed by atoms with Crippen LogP contribution >= 0.6 is 0 Å². The van der Waals surface area contributed by atoms with E-state index in [0.29, 0.717) is 22.8 Å². The standard InChI is InChI=1S/C26H22N4O4/c1-16-12-14-18(15-13-16)30-23-21(22(28-30)24(31)27-17-8-4-3-5-9-17)25(32)29(26(23)33)19-10-6-7-11-20(19)34-2/h3-15,21,23H,1-2H3,(H,27,31). The highest BCUT2D eigenvalue weighted by Gasteiger charge is 2.59. The molecule has 2 aliphatic rings. The molecule has 0 spiro atoms. The summed E-state index contributed by atoms with van der Waals surface area (Å²) in [6, 6.07) is 22.1. The maximum absolute atomic E-state index is 13.6. The molecule has 0 radical (unpaired) electrons. The molecule has 8 heteroatoms. The topological polar surface area (TPSA) is 91.3 Å². The quantitative estimate of drug-likeness (QED) is 0.597. The number of carbonyl (C=O) groups is 3. The van der Waals surface area contributed by atoms with Crippen LogP contribution in [0, 0.1) is 12.8 Å². The third-order valence-corrected chi connectivity index (χ3v) is 5.94. The fourth-order valence-corrected chi connectivity index (χ4v) is 4.28. The van der Waals surface area contributed by atoms with Crippen LogP contribution in [0.15, 0.2) is 84.0 Å². The van der Waals surface area contributed by atoms with Crippen LogP contribution in [0.1, 0.15) is 5.56 Å². The molecule has 5 rings (SSSR count). The Balaban J connectivity index is 1.57. The first kappa shape index (κ1) is 21.4. The van der Waals surface area contributed by atoms with Crippen molar-refractivity contribution in [2.75, 3.05) is 22.3 Å². The van der Waals surface area contributed by atoms with Gasteiger partial charge in [0.1, 0.15) is 23.4 Å². The number of hydrogen-bond donors (Lipinski definition) is 1. The van der Waals surface area contributed by atoms with Crippen molar-refractivity contribution in [1.29, 1.82) is 0 Å². The van der Waals surface area contributed by atoms with Crippen molar-refractivity contribution >= 4 is 40.5 Å². The Morgan fingerprint density at radius 2 is 1.59 bits per heavy atom. The van der Waals surface area contributed by atoms with E-state index in [1.165, 1.54) is 12.1 Å². The highest BCUT2D eigenvalue weighted by molar-refractivity contribution is 6.51. The zero-order valence-corrected chi connectivity index (χ0v) is 18.6. The molecule has 3 aromatic rings. The number of amides is 3. The lowest BCUT2D eigenvalue weighted by Crippen LogP contribution is -2.39. The average molecular weight is 454 g/mol. The Bertz CT molecular complexity index is 1300. The van der Waals surface area contributed by atoms with Crippen molar-refractivity contribution in [3.63, 3.8) is 0 Å². The van der Waals surface area contributed by atoms with Crippen molar-refractivity contribution in [3.05, 3.63) is 84.4 Å². The minimum atomic E-state index is -1.05. The Hall–Kier alpha value is -4.46. The second kappa shape index (κ2) is 8.47. The molecule has 2 heterocycles. The fraction of sp³-hybridized carbons (Fsp3) is 0.154. The zero-order chi connectivity index (χ0) is 23.8. The van der Waals surface area contributed by atoms with E-state index in [1.807, 2.05) is 37.3 Å². The van der Waals surface area contributed by atoms with Gasteiger partial charge in [0, 0.05) is 5.69 Å². The van der Waals surface area contributed by atoms with Crippen molar-refractivity contribution in [2.24, 2.45) is 11.0 Å². The number of hydrazone groups is 1. The number of methoxy groups -OCH3 is 1. The molecule has 0 bridgehead atoms. The van der Waals surface area contributed by atoms with E-state index in [-0.39, 0.29) is 5.71 Å². The number of ether oxygens (including phenoxy) is 1. The summed E-state index contributed by atoms with van der Waals surface area (Å²) in [5, 5.41) is 8.74. The molecule has 2 atom stereocenters. The number of fused-ring (bicyclic) bond motifs is 1. The molecular weight excluding hydrogens is 432 g/mol. The highest BCUT2D eigenvalue weighted by atomic mass is 16.5. The summed E-state index contributed by atoms with van der Waals surface area (Å²) in [5.41, 5.74) is 2.55. The molecule has 2 unspecified atom stereocenters. The van der Waals surface area contributed by atoms with Gasteiger partial charge in [-0.25, -0.2) is 4.90 Å². The first-order chi connectivity index (χ1) is 16.5. The molecule has 1 saturated heterocycles. The number of nitrogens with zero attached hydrogens (tertiary/aromatic N) is 3. The van der Waals surface area contributed by atoms with E-state index >= 15 is 0 Å². The van der Waals surface area contributed by atoms with Gasteiger partial charge in [-0.15, -0.1) is 0 Å². The van der Waals surface area contributed by atoms with E-state index in [2.05, 4.69) is 10.4 Å². The molecule has 0 aliphatic carbocycles. The van der Waals surface area contributed by atoms with Gasteiger partial charge in [0.15, 0.2) is 0 Å². The molecule has 34 heavy (non-hydrogen) atoms. The number of aryl methyl sites for hydroxylation is 1. The molecule has 8 nitrogen and oxygen atoms in total. The van der Waals surface area contributed by atoms with Crippen molar-refractivity contribution in [2.45, 2.75) is 13.0 Å². The predicted octanol–water partition coefficient (Wildman–Crippen LogP) is 3.38. The van der Waals surface area contributed by atoms with Gasteiger partial charge < -0.3 is 10.1 Å². The smallest absolute Gasteiger partial charge is 0.272 e. The van der Waals surface area contributed by atoms with Crippen LogP contribution in [-0.4, -0.2) is 36.6 Å². The SMILES string of the molecule is COc1ccccc1N1C(=O)C2C(C(=O)Nc3ccccc3)=NN(c3ccc(C)cc3)C2C1=O. The van der Waals surface area contributed by atoms with E-state index in [9.17, 15) is 14.4 Å². The molecule has 170 valence electrons. The number of hydrogen-bond acceptors (Lipinski definition) is 6. The third-order valence-electron chi connectivity index (χ3n) is 5.94. The van der Waals surface area contributed by atoms with E-state index in [4.69, 9.17) is 4.74 Å². The Labute approximate surface area is 196 Å². The summed E-state index contributed by atoms with van der Waals surface area (Å²) < 4.78 is 5.39. The van der Waals surface area contributed by atoms with Gasteiger partial charge in [0.25, 0.3) is 11.8 Å². The summed E-state index contributed by atoms with van der Waals surface area (Å²) in [5.74, 6) is -2.18. The van der Waals surface area contributed by atoms with Gasteiger partial charge in [-0.2, -0.15) is 5.10 Å². The lowest BCUT2D eigenvalue weighted by Gasteiger charge is -2.23. The number of para-hydroxylation sites is 3. The second-order valence-electron chi connectivity index (χ2n) is 8.09. The van der Waals surface area contributed by atoms with Crippen LogP contribution in [0.4, 0.5) is 17.1 Å². The van der Waals surface area contributed by atoms with Gasteiger partial charge in [-0.1, -0.05) is 48.0 Å². The largest absolute Gasteiger partial charge is 0.495 e. The van der Waals surface area contributed by atoms with Crippen molar-refractivity contribution < 1.29 is 19.1 Å². The molecule has 2 aliphatic heterocycles. The number of rotatable bonds is 5. The third kappa shape index (κ3) is 3.49. The fourth-order valence-electron chi connectivity index (χ4n) is 4.28. The monoisotopic (exact) mass is 454 g/mol. The summed E-state index contributed by atoms with van der Waals surface area (Å²) in [6.45, 7) is 1.95. The minimum Gasteiger partial charge on any atom is -0.495 e. The van der Waals surface area contributed by atoms with E-state index in [0.717, 1.165) is 10.5 Å². The second-order valence-corrected chi connectivity index (χ2v) is 8.09. The van der Waals surface area contributed by atoms with Crippen molar-refractivity contribution in [3.8, 4) is 5.75 Å². The number of benzene rings is 3. The highest BCUT2D eigenvalue weighted by Crippen LogP contribution is 2.40. The summed E-state index contributed by atoms with van der Waals surface area (Å²) in [7, 11) is 1.48. The van der Waals surface area contributed by atoms with Gasteiger partial charge in [0.05, 0.1) is 18.5 Å². The number of carbonyl (C=O) groups excluding carboxylic acids is 3. The summed E-state index contributed by atoms with van der Waals surface area (Å²) in [4.78, 5) is 41.6. The molecule has 1 N–H and O–H groups in total. The summed E-state index contributed by atoms with van der Waals surface area (Å²) in [6.07, 6.45) is 0. The molecule has 3 aromatic carbocycles. The van der Waals surface area contributed by atoms with Crippen LogP contribution in [-0.2, 0) is 14.4 Å². The number of nitrogens with one attached hydrogen (secondary N) is 1. The number of imide groups is 1. The van der Waals surface area contributed by atoms with E-state index < -0.39 is 29.7 Å². The minimum absolute atomic E-state index is 0.00910.